The Morgan fingerprint density at radius 1 is 0.412 bits per heavy atom. The van der Waals surface area contributed by atoms with E-state index in [2.05, 4.69) is 116 Å². The van der Waals surface area contributed by atoms with Crippen molar-refractivity contribution >= 4 is 23.6 Å². The summed E-state index contributed by atoms with van der Waals surface area (Å²) in [6.45, 7) is 36.0. The Morgan fingerprint density at radius 2 is 0.588 bits per heavy atom. The Hall–Kier alpha value is -3.04. The van der Waals surface area contributed by atoms with Crippen LogP contribution in [0.4, 0.5) is 0 Å². The van der Waals surface area contributed by atoms with Gasteiger partial charge in [0, 0.05) is 39.8 Å². The number of amides is 4. The van der Waals surface area contributed by atoms with Crippen LogP contribution in [0.5, 0.6) is 0 Å². The molecule has 0 unspecified atom stereocenters. The molecule has 0 bridgehead atoms. The van der Waals surface area contributed by atoms with Gasteiger partial charge in [0.05, 0.1) is 11.8 Å². The van der Waals surface area contributed by atoms with Crippen LogP contribution in [-0.4, -0.2) is 46.5 Å². The molecule has 5 rings (SSSR count). The number of carbonyl (C=O) groups excluding carboxylic acids is 4. The van der Waals surface area contributed by atoms with Crippen molar-refractivity contribution in [2.75, 3.05) is 7.05 Å². The third kappa shape index (κ3) is 8.00. The summed E-state index contributed by atoms with van der Waals surface area (Å²) in [5, 5.41) is 2.89. The minimum absolute atomic E-state index is 0. The smallest absolute Gasteiger partial charge is 0.256 e. The molecule has 3 aromatic rings. The molecule has 4 amide bonds. The van der Waals surface area contributed by atoms with E-state index in [1.165, 1.54) is 107 Å². The predicted molar refractivity (Wildman–Crippen MR) is 205 cm³/mol. The topological polar surface area (TPSA) is 149 Å². The largest absolute Gasteiger partial charge is 0.592 e. The minimum Gasteiger partial charge on any atom is -0.592 e. The molecule has 51 heavy (non-hydrogen) atoms. The molecule has 4 N–H and O–H groups in total. The molecule has 3 aromatic carbocycles. The molecule has 0 aromatic heterocycles. The summed E-state index contributed by atoms with van der Waals surface area (Å²) in [4.78, 5) is 44.3. The maximum absolute atomic E-state index is 11.0. The van der Waals surface area contributed by atoms with Gasteiger partial charge >= 0.3 is 0 Å². The first kappa shape index (κ1) is 50.1. The molecule has 2 aliphatic rings. The normalized spacial score (nSPS) is 13.5. The molecule has 2 aliphatic heterocycles. The average molecular weight is 778 g/mol. The van der Waals surface area contributed by atoms with Crippen molar-refractivity contribution in [1.29, 1.82) is 0 Å². The number of rotatable bonds is 2. The molecule has 2 heterocycles. The van der Waals surface area contributed by atoms with Crippen molar-refractivity contribution in [2.45, 2.75) is 117 Å². The zero-order valence-electron chi connectivity index (χ0n) is 34.3. The van der Waals surface area contributed by atoms with Crippen LogP contribution in [0.2, 0.25) is 0 Å². The molecule has 0 saturated carbocycles. The summed E-state index contributed by atoms with van der Waals surface area (Å²) in [7, 11) is 1.22. The van der Waals surface area contributed by atoms with Crippen LogP contribution in [0.1, 0.15) is 100 Å². The number of benzene rings is 3. The monoisotopic (exact) mass is 777 g/mol. The van der Waals surface area contributed by atoms with Gasteiger partial charge in [-0.2, -0.15) is 0 Å². The van der Waals surface area contributed by atoms with E-state index < -0.39 is 29.0 Å². The summed E-state index contributed by atoms with van der Waals surface area (Å²) >= 11 is 0. The Labute approximate surface area is 332 Å². The number of likely N-dealkylation sites (tertiary alicyclic amines) is 1. The SMILES string of the molecule is CN1C(=O)C2(C(=O)[N-]C2=O)C1=O.Cc1c(C)c(C)c(C)c(C)c1C.Cc1c(C)c(C)c(Cc2c(C)c(C)c(C)c(C)c2C)c(C)c1C.O.O.[CH3-].[Y]. The van der Waals surface area contributed by atoms with Gasteiger partial charge in [0.15, 0.2) is 0 Å². The Morgan fingerprint density at radius 3 is 0.745 bits per heavy atom. The first-order valence-corrected chi connectivity index (χ1v) is 16.4. The third-order valence-electron chi connectivity index (χ3n) is 12.1. The van der Waals surface area contributed by atoms with Crippen molar-refractivity contribution < 1.29 is 62.8 Å². The molecule has 0 aliphatic carbocycles. The van der Waals surface area contributed by atoms with Gasteiger partial charge < -0.3 is 33.3 Å². The number of carbonyl (C=O) groups is 4. The molecule has 2 fully saturated rings. The van der Waals surface area contributed by atoms with Crippen LogP contribution in [-0.2, 0) is 58.3 Å². The van der Waals surface area contributed by atoms with Gasteiger partial charge in [-0.1, -0.05) is 0 Å². The fourth-order valence-corrected chi connectivity index (χ4v) is 6.85. The van der Waals surface area contributed by atoms with Gasteiger partial charge in [-0.15, -0.1) is 0 Å². The van der Waals surface area contributed by atoms with Crippen molar-refractivity contribution in [2.24, 2.45) is 5.41 Å². The number of nitrogens with zero attached hydrogens (tertiary/aromatic N) is 2. The van der Waals surface area contributed by atoms with E-state index in [9.17, 15) is 19.2 Å². The van der Waals surface area contributed by atoms with Crippen LogP contribution in [0.25, 0.3) is 5.32 Å². The number of hydrogen-bond donors (Lipinski definition) is 0. The zero-order valence-corrected chi connectivity index (χ0v) is 37.2. The van der Waals surface area contributed by atoms with Crippen LogP contribution in [0.3, 0.4) is 0 Å². The summed E-state index contributed by atoms with van der Waals surface area (Å²) in [6.07, 6.45) is 1.05. The average Bonchev–Trinajstić information content (AvgIpc) is 3.05. The molecular weight excluding hydrogens is 717 g/mol. The minimum atomic E-state index is -2.05. The second-order valence-corrected chi connectivity index (χ2v) is 13.8. The predicted octanol–water partition coefficient (Wildman–Crippen LogP) is 7.11. The van der Waals surface area contributed by atoms with Crippen LogP contribution < -0.4 is 0 Å². The number of imide groups is 2. The van der Waals surface area contributed by atoms with E-state index >= 15 is 0 Å². The molecule has 279 valence electrons. The summed E-state index contributed by atoms with van der Waals surface area (Å²) in [5.74, 6) is -3.39. The standard InChI is InChI=1S/C23H32.C12H18.C6H4N2O4.CH3.2H2O.Y/c1-12-14(3)18(7)22(19(8)15(12)4)11-23-20(9)16(5)13(2)17(6)21(23)10;1-7-8(2)10(4)12(6)11(5)9(7)3;1-8-4(11)6(5(8)12)2(9)7-3(6)10;;;;/h11H2,1-10H3;1-6H3;1H3,(H,7,9,10);1H3;2*1H2;/q;;;-1;;;/p-1. The van der Waals surface area contributed by atoms with Crippen molar-refractivity contribution in [3.05, 3.63) is 113 Å². The number of hydrogen-bond acceptors (Lipinski definition) is 4. The van der Waals surface area contributed by atoms with Gasteiger partial charge in [0.25, 0.3) is 11.8 Å². The molecule has 1 spiro atoms. The van der Waals surface area contributed by atoms with Crippen molar-refractivity contribution in [3.63, 3.8) is 0 Å². The summed E-state index contributed by atoms with van der Waals surface area (Å²) in [6, 6.07) is 0. The molecule has 9 heteroatoms. The zero-order chi connectivity index (χ0) is 36.2. The molecule has 1 radical (unpaired) electrons. The number of β-lactam (4-membered cyclic amide) rings is 4. The van der Waals surface area contributed by atoms with Crippen LogP contribution in [0.15, 0.2) is 0 Å². The van der Waals surface area contributed by atoms with Crippen molar-refractivity contribution in [3.8, 4) is 0 Å². The van der Waals surface area contributed by atoms with E-state index in [-0.39, 0.29) is 51.1 Å². The quantitative estimate of drug-likeness (QED) is 0.155. The van der Waals surface area contributed by atoms with Gasteiger partial charge in [-0.3, -0.25) is 14.5 Å². The van der Waals surface area contributed by atoms with Crippen molar-refractivity contribution in [1.82, 2.24) is 4.90 Å². The van der Waals surface area contributed by atoms with E-state index in [1.54, 1.807) is 0 Å². The summed E-state index contributed by atoms with van der Waals surface area (Å²) in [5.41, 5.74) is 24.4. The van der Waals surface area contributed by atoms with E-state index in [1.807, 2.05) is 0 Å². The molecule has 8 nitrogen and oxygen atoms in total. The second kappa shape index (κ2) is 18.1. The van der Waals surface area contributed by atoms with Crippen LogP contribution in [0, 0.1) is 124 Å². The van der Waals surface area contributed by atoms with E-state index in [0.717, 1.165) is 11.3 Å². The van der Waals surface area contributed by atoms with Gasteiger partial charge in [-0.05, 0) is 217 Å². The van der Waals surface area contributed by atoms with Gasteiger partial charge in [0.2, 0.25) is 5.41 Å². The maximum Gasteiger partial charge on any atom is 0.256 e. The fourth-order valence-electron chi connectivity index (χ4n) is 6.85. The third-order valence-corrected chi connectivity index (χ3v) is 12.1. The van der Waals surface area contributed by atoms with Crippen LogP contribution >= 0.6 is 0 Å². The maximum atomic E-state index is 11.0. The summed E-state index contributed by atoms with van der Waals surface area (Å²) < 4.78 is 0. The molecule has 0 atom stereocenters. The first-order valence-electron chi connectivity index (χ1n) is 16.4. The second-order valence-electron chi connectivity index (χ2n) is 13.8. The van der Waals surface area contributed by atoms with E-state index in [0.29, 0.717) is 0 Å². The molecule has 2 saturated heterocycles. The Bertz CT molecular complexity index is 1630. The van der Waals surface area contributed by atoms with E-state index in [4.69, 9.17) is 0 Å². The molecular formula is C42H60N2O6Y-2. The first-order chi connectivity index (χ1) is 21.6. The van der Waals surface area contributed by atoms with Gasteiger partial charge in [-0.25, -0.2) is 0 Å². The Kier molecular flexibility index (Phi) is 17.8. The van der Waals surface area contributed by atoms with Gasteiger partial charge in [0.1, 0.15) is 0 Å². The fraction of sp³-hybridized carbons (Fsp3) is 0.452. The Balaban J connectivity index is 0.